The highest BCUT2D eigenvalue weighted by molar-refractivity contribution is 7.07. The summed E-state index contributed by atoms with van der Waals surface area (Å²) in [5.74, 6) is 1.36. The van der Waals surface area contributed by atoms with Gasteiger partial charge in [0.05, 0.1) is 12.6 Å². The molecule has 2 aromatic rings. The quantitative estimate of drug-likeness (QED) is 0.891. The minimum absolute atomic E-state index is 0.00717. The van der Waals surface area contributed by atoms with Crippen molar-refractivity contribution in [3.63, 3.8) is 0 Å². The van der Waals surface area contributed by atoms with E-state index in [4.69, 9.17) is 4.74 Å². The molecule has 2 atom stereocenters. The Bertz CT molecular complexity index is 680. The van der Waals surface area contributed by atoms with Gasteiger partial charge in [-0.25, -0.2) is 9.78 Å². The Morgan fingerprint density at radius 2 is 2.42 bits per heavy atom. The van der Waals surface area contributed by atoms with Crippen LogP contribution in [0.2, 0.25) is 0 Å². The molecule has 2 amide bonds. The number of aromatic amines is 1. The van der Waals surface area contributed by atoms with Crippen LogP contribution in [-0.2, 0) is 11.3 Å². The number of likely N-dealkylation sites (tertiary alicyclic amines) is 1. The van der Waals surface area contributed by atoms with Gasteiger partial charge in [0.2, 0.25) is 0 Å². The lowest BCUT2D eigenvalue weighted by molar-refractivity contribution is 0.105. The van der Waals surface area contributed by atoms with Gasteiger partial charge in [-0.15, -0.1) is 0 Å². The first-order valence-electron chi connectivity index (χ1n) is 8.40. The van der Waals surface area contributed by atoms with Crippen LogP contribution in [0.15, 0.2) is 16.8 Å². The number of hydrogen-bond donors (Lipinski definition) is 2. The lowest BCUT2D eigenvalue weighted by Crippen LogP contribution is -2.39. The van der Waals surface area contributed by atoms with Crippen LogP contribution in [0, 0.1) is 0 Å². The number of H-pyrrole nitrogens is 1. The van der Waals surface area contributed by atoms with Gasteiger partial charge in [0, 0.05) is 13.2 Å². The fourth-order valence-electron chi connectivity index (χ4n) is 3.40. The fraction of sp³-hybridized carbons (Fsp3) is 0.562. The minimum atomic E-state index is -0.0428. The van der Waals surface area contributed by atoms with Gasteiger partial charge in [0.1, 0.15) is 11.9 Å². The van der Waals surface area contributed by atoms with Gasteiger partial charge in [-0.2, -0.15) is 16.4 Å². The van der Waals surface area contributed by atoms with Gasteiger partial charge in [-0.1, -0.05) is 0 Å². The number of thiophene rings is 1. The number of urea groups is 1. The monoisotopic (exact) mass is 347 g/mol. The Labute approximate surface area is 144 Å². The predicted octanol–water partition coefficient (Wildman–Crippen LogP) is 2.76. The Kier molecular flexibility index (Phi) is 4.48. The summed E-state index contributed by atoms with van der Waals surface area (Å²) < 4.78 is 5.58. The first kappa shape index (κ1) is 15.6. The Balaban J connectivity index is 1.34. The van der Waals surface area contributed by atoms with E-state index in [0.717, 1.165) is 38.8 Å². The van der Waals surface area contributed by atoms with Gasteiger partial charge in [-0.3, -0.25) is 5.10 Å². The number of aromatic nitrogens is 3. The van der Waals surface area contributed by atoms with Gasteiger partial charge >= 0.3 is 6.03 Å². The lowest BCUT2D eigenvalue weighted by atomic mass is 10.1. The van der Waals surface area contributed by atoms with E-state index in [9.17, 15) is 4.79 Å². The van der Waals surface area contributed by atoms with Crippen molar-refractivity contribution >= 4 is 17.4 Å². The summed E-state index contributed by atoms with van der Waals surface area (Å²) in [7, 11) is 0. The van der Waals surface area contributed by atoms with Crippen molar-refractivity contribution in [2.75, 3.05) is 13.2 Å². The molecule has 2 aliphatic rings. The van der Waals surface area contributed by atoms with Gasteiger partial charge in [0.25, 0.3) is 0 Å². The molecule has 2 fully saturated rings. The smallest absolute Gasteiger partial charge is 0.318 e. The predicted molar refractivity (Wildman–Crippen MR) is 89.5 cm³/mol. The third-order valence-electron chi connectivity index (χ3n) is 4.62. The molecule has 24 heavy (non-hydrogen) atoms. The molecule has 2 unspecified atom stereocenters. The van der Waals surface area contributed by atoms with E-state index in [2.05, 4.69) is 37.3 Å². The number of nitrogens with zero attached hydrogens (tertiary/aromatic N) is 3. The Morgan fingerprint density at radius 1 is 1.46 bits per heavy atom. The van der Waals surface area contributed by atoms with Crippen molar-refractivity contribution in [3.8, 4) is 0 Å². The summed E-state index contributed by atoms with van der Waals surface area (Å²) in [6.45, 7) is 1.92. The van der Waals surface area contributed by atoms with Crippen molar-refractivity contribution in [2.24, 2.45) is 0 Å². The third kappa shape index (κ3) is 3.16. The molecule has 4 rings (SSSR count). The lowest BCUT2D eigenvalue weighted by Gasteiger charge is -2.24. The summed E-state index contributed by atoms with van der Waals surface area (Å²) in [6, 6.07) is 2.25. The van der Waals surface area contributed by atoms with Crippen LogP contribution >= 0.6 is 11.3 Å². The van der Waals surface area contributed by atoms with Gasteiger partial charge < -0.3 is 15.0 Å². The first-order valence-corrected chi connectivity index (χ1v) is 9.35. The maximum absolute atomic E-state index is 12.5. The molecule has 0 aliphatic carbocycles. The summed E-state index contributed by atoms with van der Waals surface area (Å²) >= 11 is 1.67. The molecule has 0 radical (unpaired) electrons. The van der Waals surface area contributed by atoms with Crippen LogP contribution in [0.5, 0.6) is 0 Å². The van der Waals surface area contributed by atoms with Crippen LogP contribution in [-0.4, -0.2) is 39.3 Å². The van der Waals surface area contributed by atoms with Crippen LogP contribution in [0.25, 0.3) is 0 Å². The summed E-state index contributed by atoms with van der Waals surface area (Å²) in [4.78, 5) is 18.9. The van der Waals surface area contributed by atoms with E-state index >= 15 is 0 Å². The maximum atomic E-state index is 12.5. The topological polar surface area (TPSA) is 83.1 Å². The second-order valence-corrected chi connectivity index (χ2v) is 6.99. The number of carbonyl (C=O) groups excluding carboxylic acids is 1. The molecule has 0 bridgehead atoms. The number of rotatable bonds is 4. The zero-order valence-electron chi connectivity index (χ0n) is 13.4. The van der Waals surface area contributed by atoms with E-state index in [1.54, 1.807) is 11.3 Å². The molecule has 2 N–H and O–H groups in total. The standard InChI is InChI=1S/C16H21N5O2S/c22-16(21-6-1-3-12(21)11-5-8-24-10-11)17-9-14-18-15(20-19-14)13-4-2-7-23-13/h5,8,10,12-13H,1-4,6-7,9H2,(H,17,22)(H,18,19,20). The van der Waals surface area contributed by atoms with Crippen molar-refractivity contribution < 1.29 is 9.53 Å². The van der Waals surface area contributed by atoms with Crippen molar-refractivity contribution in [3.05, 3.63) is 34.0 Å². The largest absolute Gasteiger partial charge is 0.370 e. The fourth-order valence-corrected chi connectivity index (χ4v) is 4.10. The molecule has 128 valence electrons. The van der Waals surface area contributed by atoms with Crippen molar-refractivity contribution in [1.82, 2.24) is 25.4 Å². The first-order chi connectivity index (χ1) is 11.8. The molecule has 8 heteroatoms. The Hall–Kier alpha value is -1.93. The molecular formula is C16H21N5O2S. The number of hydrogen-bond acceptors (Lipinski definition) is 5. The highest BCUT2D eigenvalue weighted by atomic mass is 32.1. The molecule has 2 aromatic heterocycles. The van der Waals surface area contributed by atoms with Crippen molar-refractivity contribution in [1.29, 1.82) is 0 Å². The summed E-state index contributed by atoms with van der Waals surface area (Å²) in [5.41, 5.74) is 1.23. The maximum Gasteiger partial charge on any atom is 0.318 e. The second-order valence-electron chi connectivity index (χ2n) is 6.21. The number of ether oxygens (including phenoxy) is 1. The average molecular weight is 347 g/mol. The zero-order chi connectivity index (χ0) is 16.4. The summed E-state index contributed by atoms with van der Waals surface area (Å²) in [6.07, 6.45) is 4.06. The minimum Gasteiger partial charge on any atom is -0.370 e. The SMILES string of the molecule is O=C(NCc1nc(C2CCCO2)n[nH]1)N1CCCC1c1ccsc1. The highest BCUT2D eigenvalue weighted by Gasteiger charge is 2.30. The molecule has 0 saturated carbocycles. The molecule has 2 saturated heterocycles. The van der Waals surface area contributed by atoms with Crippen LogP contribution in [0.1, 0.15) is 55.0 Å². The van der Waals surface area contributed by atoms with E-state index in [1.807, 2.05) is 4.90 Å². The van der Waals surface area contributed by atoms with Gasteiger partial charge in [-0.05, 0) is 48.1 Å². The molecule has 4 heterocycles. The molecule has 2 aliphatic heterocycles. The second kappa shape index (κ2) is 6.90. The third-order valence-corrected chi connectivity index (χ3v) is 5.32. The van der Waals surface area contributed by atoms with E-state index in [-0.39, 0.29) is 18.2 Å². The average Bonchev–Trinajstić information content (AvgIpc) is 3.40. The van der Waals surface area contributed by atoms with Crippen LogP contribution < -0.4 is 5.32 Å². The summed E-state index contributed by atoms with van der Waals surface area (Å²) in [5, 5.41) is 14.2. The Morgan fingerprint density at radius 3 is 3.21 bits per heavy atom. The normalized spacial score (nSPS) is 23.8. The highest BCUT2D eigenvalue weighted by Crippen LogP contribution is 2.33. The van der Waals surface area contributed by atoms with Crippen LogP contribution in [0.4, 0.5) is 4.79 Å². The zero-order valence-corrected chi connectivity index (χ0v) is 14.2. The number of nitrogens with one attached hydrogen (secondary N) is 2. The molecule has 0 spiro atoms. The molecule has 0 aromatic carbocycles. The van der Waals surface area contributed by atoms with Crippen molar-refractivity contribution in [2.45, 2.75) is 44.4 Å². The van der Waals surface area contributed by atoms with E-state index in [0.29, 0.717) is 18.2 Å². The van der Waals surface area contributed by atoms with E-state index in [1.165, 1.54) is 5.56 Å². The number of carbonyl (C=O) groups is 1. The van der Waals surface area contributed by atoms with E-state index < -0.39 is 0 Å². The molecular weight excluding hydrogens is 326 g/mol. The van der Waals surface area contributed by atoms with Gasteiger partial charge in [0.15, 0.2) is 5.82 Å². The van der Waals surface area contributed by atoms with Crippen LogP contribution in [0.3, 0.4) is 0 Å². The molecule has 7 nitrogen and oxygen atoms in total. The number of amides is 2.